The van der Waals surface area contributed by atoms with Gasteiger partial charge in [-0.15, -0.1) is 0 Å². The van der Waals surface area contributed by atoms with E-state index in [2.05, 4.69) is 4.98 Å². The summed E-state index contributed by atoms with van der Waals surface area (Å²) in [6.45, 7) is 0. The lowest BCUT2D eigenvalue weighted by Crippen LogP contribution is -2.27. The smallest absolute Gasteiger partial charge is 0.252 e. The number of aryl methyl sites for hydroxylation is 1. The third-order valence-corrected chi connectivity index (χ3v) is 7.29. The molecule has 0 atom stereocenters. The average molecular weight is 498 g/mol. The summed E-state index contributed by atoms with van der Waals surface area (Å²) in [6, 6.07) is 7.19. The number of hydrogen-bond acceptors (Lipinski definition) is 7. The number of nitrogens with two attached hydrogens (primary N) is 1. The van der Waals surface area contributed by atoms with Crippen LogP contribution in [0, 0.1) is 5.82 Å². The lowest BCUT2D eigenvalue weighted by Gasteiger charge is -2.19. The molecule has 0 unspecified atom stereocenters. The number of carbonyl (C=O) groups is 1. The number of halogens is 1. The van der Waals surface area contributed by atoms with Gasteiger partial charge in [0.15, 0.2) is 0 Å². The predicted molar refractivity (Wildman–Crippen MR) is 123 cm³/mol. The molecule has 0 saturated carbocycles. The van der Waals surface area contributed by atoms with E-state index in [1.54, 1.807) is 18.2 Å². The SMILES string of the molecule is CN(c1nc2oc(Cc3ccc(F)cc3)c(C(N)=O)c2cc1CCCS(C)(=O)=O)S(C)(=O)=O. The van der Waals surface area contributed by atoms with E-state index in [0.29, 0.717) is 16.5 Å². The van der Waals surface area contributed by atoms with Crippen molar-refractivity contribution >= 4 is 42.7 Å². The number of fused-ring (bicyclic) bond motifs is 1. The number of amides is 1. The number of aromatic nitrogens is 1. The van der Waals surface area contributed by atoms with Gasteiger partial charge in [0.05, 0.1) is 23.0 Å². The zero-order chi connectivity index (χ0) is 24.6. The van der Waals surface area contributed by atoms with E-state index >= 15 is 0 Å². The standard InChI is InChI=1S/C21H24FN3O6S2/c1-25(33(3,29)30)20-14(5-4-10-32(2,27)28)12-16-18(19(23)26)17(31-21(16)24-20)11-13-6-8-15(22)9-7-13/h6-9,12H,4-5,10-11H2,1-3H3,(H2,23,26). The fourth-order valence-electron chi connectivity index (χ4n) is 3.42. The van der Waals surface area contributed by atoms with E-state index < -0.39 is 31.6 Å². The molecular formula is C21H24FN3O6S2. The second kappa shape index (κ2) is 9.10. The third kappa shape index (κ3) is 5.88. The largest absolute Gasteiger partial charge is 0.441 e. The van der Waals surface area contributed by atoms with Gasteiger partial charge in [-0.05, 0) is 42.2 Å². The number of sulfone groups is 1. The van der Waals surface area contributed by atoms with E-state index in [0.717, 1.165) is 16.8 Å². The number of benzene rings is 1. The van der Waals surface area contributed by atoms with Crippen LogP contribution in [0.4, 0.5) is 10.2 Å². The molecule has 3 rings (SSSR count). The summed E-state index contributed by atoms with van der Waals surface area (Å²) in [5, 5.41) is 0.291. The van der Waals surface area contributed by atoms with Crippen LogP contribution in [0.15, 0.2) is 34.7 Å². The highest BCUT2D eigenvalue weighted by atomic mass is 32.2. The number of furan rings is 1. The van der Waals surface area contributed by atoms with Crippen molar-refractivity contribution in [2.75, 3.05) is 29.6 Å². The zero-order valence-corrected chi connectivity index (χ0v) is 20.0. The molecule has 178 valence electrons. The first kappa shape index (κ1) is 24.6. The second-order valence-electron chi connectivity index (χ2n) is 7.86. The molecule has 2 aromatic heterocycles. The summed E-state index contributed by atoms with van der Waals surface area (Å²) in [4.78, 5) is 16.6. The first-order valence-electron chi connectivity index (χ1n) is 9.87. The molecule has 9 nitrogen and oxygen atoms in total. The minimum Gasteiger partial charge on any atom is -0.441 e. The van der Waals surface area contributed by atoms with Crippen LogP contribution in [0.2, 0.25) is 0 Å². The maximum Gasteiger partial charge on any atom is 0.252 e. The number of primary amides is 1. The Hall–Kier alpha value is -2.99. The molecule has 0 fully saturated rings. The first-order valence-corrected chi connectivity index (χ1v) is 13.8. The molecule has 3 aromatic rings. The summed E-state index contributed by atoms with van der Waals surface area (Å²) in [5.74, 6) is -1.00. The molecule has 0 aliphatic rings. The molecule has 0 saturated heterocycles. The summed E-state index contributed by atoms with van der Waals surface area (Å²) in [7, 11) is -5.59. The van der Waals surface area contributed by atoms with E-state index in [-0.39, 0.29) is 47.9 Å². The Bertz CT molecular complexity index is 1410. The number of carbonyl (C=O) groups excluding carboxylic acids is 1. The van der Waals surface area contributed by atoms with Crippen LogP contribution in [-0.4, -0.2) is 53.0 Å². The maximum absolute atomic E-state index is 13.2. The highest BCUT2D eigenvalue weighted by molar-refractivity contribution is 7.92. The van der Waals surface area contributed by atoms with E-state index in [1.165, 1.54) is 19.2 Å². The number of nitrogens with zero attached hydrogens (tertiary/aromatic N) is 2. The van der Waals surface area contributed by atoms with Gasteiger partial charge in [-0.1, -0.05) is 12.1 Å². The van der Waals surface area contributed by atoms with Crippen molar-refractivity contribution in [2.24, 2.45) is 5.73 Å². The van der Waals surface area contributed by atoms with Crippen molar-refractivity contribution in [1.82, 2.24) is 4.98 Å². The molecule has 2 heterocycles. The Balaban J connectivity index is 2.15. The highest BCUT2D eigenvalue weighted by Gasteiger charge is 2.25. The molecule has 1 aromatic carbocycles. The average Bonchev–Trinajstić information content (AvgIpc) is 3.03. The molecule has 33 heavy (non-hydrogen) atoms. The topological polar surface area (TPSA) is 141 Å². The fourth-order valence-corrected chi connectivity index (χ4v) is 4.57. The molecule has 12 heteroatoms. The number of rotatable bonds is 9. The summed E-state index contributed by atoms with van der Waals surface area (Å²) in [5.41, 5.74) is 6.79. The van der Waals surface area contributed by atoms with Crippen LogP contribution in [-0.2, 0) is 32.7 Å². The van der Waals surface area contributed by atoms with E-state index in [4.69, 9.17) is 10.2 Å². The van der Waals surface area contributed by atoms with Crippen LogP contribution in [0.1, 0.15) is 33.7 Å². The van der Waals surface area contributed by atoms with Crippen LogP contribution >= 0.6 is 0 Å². The van der Waals surface area contributed by atoms with Crippen LogP contribution < -0.4 is 10.0 Å². The molecule has 0 aliphatic carbocycles. The second-order valence-corrected chi connectivity index (χ2v) is 12.1. The summed E-state index contributed by atoms with van der Waals surface area (Å²) < 4.78 is 67.4. The highest BCUT2D eigenvalue weighted by Crippen LogP contribution is 2.32. The Kier molecular flexibility index (Phi) is 6.80. The Morgan fingerprint density at radius 3 is 2.33 bits per heavy atom. The minimum atomic E-state index is -3.69. The van der Waals surface area contributed by atoms with Crippen LogP contribution in [0.3, 0.4) is 0 Å². The van der Waals surface area contributed by atoms with Gasteiger partial charge in [0.1, 0.15) is 27.2 Å². The van der Waals surface area contributed by atoms with Crippen molar-refractivity contribution in [1.29, 1.82) is 0 Å². The van der Waals surface area contributed by atoms with Gasteiger partial charge in [0, 0.05) is 19.7 Å². The molecule has 1 amide bonds. The van der Waals surface area contributed by atoms with Crippen molar-refractivity contribution in [3.63, 3.8) is 0 Å². The van der Waals surface area contributed by atoms with Gasteiger partial charge in [0.2, 0.25) is 15.7 Å². The zero-order valence-electron chi connectivity index (χ0n) is 18.3. The van der Waals surface area contributed by atoms with Crippen LogP contribution in [0.25, 0.3) is 11.1 Å². The summed E-state index contributed by atoms with van der Waals surface area (Å²) in [6.07, 6.45) is 2.68. The van der Waals surface area contributed by atoms with E-state index in [1.807, 2.05) is 0 Å². The lowest BCUT2D eigenvalue weighted by molar-refractivity contribution is 0.1000. The van der Waals surface area contributed by atoms with Crippen LogP contribution in [0.5, 0.6) is 0 Å². The fraction of sp³-hybridized carbons (Fsp3) is 0.333. The third-order valence-electron chi connectivity index (χ3n) is 5.09. The number of sulfonamides is 1. The minimum absolute atomic E-state index is 0.0123. The van der Waals surface area contributed by atoms with Gasteiger partial charge in [-0.3, -0.25) is 9.10 Å². The molecule has 0 radical (unpaired) electrons. The van der Waals surface area contributed by atoms with Crippen molar-refractivity contribution in [3.05, 3.63) is 58.6 Å². The Labute approximate surface area is 191 Å². The van der Waals surface area contributed by atoms with Crippen molar-refractivity contribution < 1.29 is 30.4 Å². The molecule has 0 spiro atoms. The molecule has 0 aliphatic heterocycles. The first-order chi connectivity index (χ1) is 15.3. The molecule has 0 bridgehead atoms. The van der Waals surface area contributed by atoms with Gasteiger partial charge in [-0.2, -0.15) is 4.98 Å². The van der Waals surface area contributed by atoms with E-state index in [9.17, 15) is 26.0 Å². The Morgan fingerprint density at radius 1 is 1.15 bits per heavy atom. The number of anilines is 1. The monoisotopic (exact) mass is 497 g/mol. The number of pyridine rings is 1. The molecular weight excluding hydrogens is 473 g/mol. The van der Waals surface area contributed by atoms with Crippen molar-refractivity contribution in [3.8, 4) is 0 Å². The molecule has 2 N–H and O–H groups in total. The normalized spacial score (nSPS) is 12.2. The predicted octanol–water partition coefficient (Wildman–Crippen LogP) is 2.03. The lowest BCUT2D eigenvalue weighted by atomic mass is 10.0. The van der Waals surface area contributed by atoms with Gasteiger partial charge < -0.3 is 10.2 Å². The maximum atomic E-state index is 13.2. The number of hydrogen-bond donors (Lipinski definition) is 1. The Morgan fingerprint density at radius 2 is 1.79 bits per heavy atom. The van der Waals surface area contributed by atoms with Gasteiger partial charge in [-0.25, -0.2) is 21.2 Å². The quantitative estimate of drug-likeness (QED) is 0.477. The van der Waals surface area contributed by atoms with Gasteiger partial charge >= 0.3 is 0 Å². The van der Waals surface area contributed by atoms with Gasteiger partial charge in [0.25, 0.3) is 5.91 Å². The van der Waals surface area contributed by atoms with Crippen molar-refractivity contribution in [2.45, 2.75) is 19.3 Å². The summed E-state index contributed by atoms with van der Waals surface area (Å²) >= 11 is 0.